The molecule has 0 atom stereocenters. The third kappa shape index (κ3) is 8.13. The molecule has 0 saturated heterocycles. The Hall–Kier alpha value is -4.25. The van der Waals surface area contributed by atoms with Gasteiger partial charge in [0.15, 0.2) is 5.78 Å². The summed E-state index contributed by atoms with van der Waals surface area (Å²) in [5.41, 5.74) is 4.17. The van der Waals surface area contributed by atoms with E-state index in [9.17, 15) is 14.4 Å². The van der Waals surface area contributed by atoms with E-state index >= 15 is 0 Å². The SMILES string of the molecule is O=C1C=C(c2ccc(OCCCCCCCCc3ccc(C=CC(=O)c4ccccc4)cc3)cc2)C(=O)N1. The van der Waals surface area contributed by atoms with Crippen LogP contribution in [-0.2, 0) is 16.0 Å². The van der Waals surface area contributed by atoms with E-state index in [1.165, 1.54) is 37.3 Å². The number of allylic oxidation sites excluding steroid dienone is 1. The van der Waals surface area contributed by atoms with Crippen LogP contribution in [0.15, 0.2) is 91.0 Å². The third-order valence-corrected chi connectivity index (χ3v) is 6.52. The molecule has 2 amide bonds. The summed E-state index contributed by atoms with van der Waals surface area (Å²) in [6.45, 7) is 0.665. The third-order valence-electron chi connectivity index (χ3n) is 6.52. The van der Waals surface area contributed by atoms with Crippen molar-refractivity contribution in [1.29, 1.82) is 0 Å². The lowest BCUT2D eigenvalue weighted by atomic mass is 10.0. The van der Waals surface area contributed by atoms with Crippen LogP contribution in [0, 0.1) is 0 Å². The van der Waals surface area contributed by atoms with Crippen molar-refractivity contribution >= 4 is 29.2 Å². The van der Waals surface area contributed by atoms with E-state index in [0.29, 0.717) is 23.3 Å². The van der Waals surface area contributed by atoms with Gasteiger partial charge in [-0.15, -0.1) is 0 Å². The van der Waals surface area contributed by atoms with Crippen LogP contribution >= 0.6 is 0 Å². The summed E-state index contributed by atoms with van der Waals surface area (Å²) in [6, 6.07) is 25.0. The number of aryl methyl sites for hydroxylation is 1. The highest BCUT2D eigenvalue weighted by atomic mass is 16.5. The number of hydrogen-bond acceptors (Lipinski definition) is 4. The quantitative estimate of drug-likeness (QED) is 0.116. The number of rotatable bonds is 14. The molecule has 5 heteroatoms. The number of imide groups is 1. The van der Waals surface area contributed by atoms with Gasteiger partial charge in [-0.1, -0.05) is 98.5 Å². The number of nitrogens with one attached hydrogen (secondary N) is 1. The Labute approximate surface area is 224 Å². The summed E-state index contributed by atoms with van der Waals surface area (Å²) in [5.74, 6) is 0.0529. The van der Waals surface area contributed by atoms with Crippen molar-refractivity contribution in [3.8, 4) is 5.75 Å². The summed E-state index contributed by atoms with van der Waals surface area (Å²) < 4.78 is 5.81. The Morgan fingerprint density at radius 3 is 2.13 bits per heavy atom. The first kappa shape index (κ1) is 26.8. The van der Waals surface area contributed by atoms with Crippen LogP contribution in [0.25, 0.3) is 11.6 Å². The van der Waals surface area contributed by atoms with Crippen LogP contribution in [0.5, 0.6) is 5.75 Å². The van der Waals surface area contributed by atoms with Gasteiger partial charge < -0.3 is 4.74 Å². The predicted octanol–water partition coefficient (Wildman–Crippen LogP) is 6.58. The molecule has 1 aliphatic rings. The molecular weight excluding hydrogens is 474 g/mol. The fraction of sp³-hybridized carbons (Fsp3) is 0.242. The highest BCUT2D eigenvalue weighted by Gasteiger charge is 2.21. The molecule has 1 heterocycles. The van der Waals surface area contributed by atoms with E-state index in [4.69, 9.17) is 4.74 Å². The van der Waals surface area contributed by atoms with E-state index in [1.54, 1.807) is 18.2 Å². The van der Waals surface area contributed by atoms with Crippen molar-refractivity contribution in [3.05, 3.63) is 113 Å². The van der Waals surface area contributed by atoms with Crippen LogP contribution in [0.4, 0.5) is 0 Å². The van der Waals surface area contributed by atoms with Crippen molar-refractivity contribution in [2.75, 3.05) is 6.61 Å². The Kier molecular flexibility index (Phi) is 9.80. The van der Waals surface area contributed by atoms with Gasteiger partial charge in [0.25, 0.3) is 11.8 Å². The smallest absolute Gasteiger partial charge is 0.258 e. The number of unbranched alkanes of at least 4 members (excludes halogenated alkanes) is 5. The van der Waals surface area contributed by atoms with Crippen LogP contribution < -0.4 is 10.1 Å². The minimum Gasteiger partial charge on any atom is -0.494 e. The molecule has 0 radical (unpaired) electrons. The topological polar surface area (TPSA) is 72.5 Å². The summed E-state index contributed by atoms with van der Waals surface area (Å²) in [7, 11) is 0. The number of benzene rings is 3. The Balaban J connectivity index is 1.05. The highest BCUT2D eigenvalue weighted by molar-refractivity contribution is 6.33. The molecule has 194 valence electrons. The van der Waals surface area contributed by atoms with Crippen LogP contribution in [0.1, 0.15) is 65.6 Å². The van der Waals surface area contributed by atoms with Crippen molar-refractivity contribution in [1.82, 2.24) is 5.32 Å². The fourth-order valence-corrected chi connectivity index (χ4v) is 4.35. The number of carbonyl (C=O) groups excluding carboxylic acids is 3. The Bertz CT molecular complexity index is 1290. The first-order valence-electron chi connectivity index (χ1n) is 13.3. The monoisotopic (exact) mass is 507 g/mol. The van der Waals surface area contributed by atoms with Gasteiger partial charge in [-0.05, 0) is 54.2 Å². The molecule has 3 aromatic rings. The second-order valence-corrected chi connectivity index (χ2v) is 9.43. The largest absolute Gasteiger partial charge is 0.494 e. The van der Waals surface area contributed by atoms with Gasteiger partial charge in [-0.3, -0.25) is 19.7 Å². The molecule has 0 spiro atoms. The summed E-state index contributed by atoms with van der Waals surface area (Å²) >= 11 is 0. The molecule has 3 aromatic carbocycles. The maximum absolute atomic E-state index is 12.2. The van der Waals surface area contributed by atoms with Crippen molar-refractivity contribution in [2.45, 2.75) is 44.9 Å². The zero-order valence-corrected chi connectivity index (χ0v) is 21.5. The zero-order chi connectivity index (χ0) is 26.6. The average Bonchev–Trinajstić information content (AvgIpc) is 3.29. The fourth-order valence-electron chi connectivity index (χ4n) is 4.35. The van der Waals surface area contributed by atoms with E-state index in [-0.39, 0.29) is 17.6 Å². The van der Waals surface area contributed by atoms with Crippen molar-refractivity contribution in [2.24, 2.45) is 0 Å². The summed E-state index contributed by atoms with van der Waals surface area (Å²) in [4.78, 5) is 35.2. The Morgan fingerprint density at radius 2 is 1.45 bits per heavy atom. The second-order valence-electron chi connectivity index (χ2n) is 9.43. The molecule has 1 N–H and O–H groups in total. The van der Waals surface area contributed by atoms with Gasteiger partial charge in [-0.2, -0.15) is 0 Å². The lowest BCUT2D eigenvalue weighted by Gasteiger charge is -2.07. The van der Waals surface area contributed by atoms with Gasteiger partial charge >= 0.3 is 0 Å². The predicted molar refractivity (Wildman–Crippen MR) is 151 cm³/mol. The molecule has 0 aliphatic carbocycles. The summed E-state index contributed by atoms with van der Waals surface area (Å²) in [5, 5.41) is 2.25. The molecule has 0 fully saturated rings. The van der Waals surface area contributed by atoms with Gasteiger partial charge in [0.1, 0.15) is 5.75 Å². The van der Waals surface area contributed by atoms with Crippen LogP contribution in [0.3, 0.4) is 0 Å². The van der Waals surface area contributed by atoms with E-state index < -0.39 is 0 Å². The minimum absolute atomic E-state index is 0.0175. The number of amides is 2. The molecular formula is C33H33NO4. The lowest BCUT2D eigenvalue weighted by Crippen LogP contribution is -2.21. The Morgan fingerprint density at radius 1 is 0.763 bits per heavy atom. The lowest BCUT2D eigenvalue weighted by molar-refractivity contribution is -0.123. The summed E-state index contributed by atoms with van der Waals surface area (Å²) in [6.07, 6.45) is 12.8. The maximum Gasteiger partial charge on any atom is 0.258 e. The molecule has 1 aliphatic heterocycles. The van der Waals surface area contributed by atoms with E-state index in [1.807, 2.05) is 48.5 Å². The first-order chi connectivity index (χ1) is 18.6. The highest BCUT2D eigenvalue weighted by Crippen LogP contribution is 2.21. The molecule has 38 heavy (non-hydrogen) atoms. The minimum atomic E-state index is -0.373. The van der Waals surface area contributed by atoms with E-state index in [0.717, 1.165) is 30.6 Å². The van der Waals surface area contributed by atoms with Gasteiger partial charge in [0.2, 0.25) is 0 Å². The molecule has 0 saturated carbocycles. The maximum atomic E-state index is 12.2. The van der Waals surface area contributed by atoms with Crippen LogP contribution in [-0.4, -0.2) is 24.2 Å². The second kappa shape index (κ2) is 13.9. The molecule has 0 aromatic heterocycles. The van der Waals surface area contributed by atoms with Gasteiger partial charge in [0.05, 0.1) is 12.2 Å². The molecule has 5 nitrogen and oxygen atoms in total. The first-order valence-corrected chi connectivity index (χ1v) is 13.3. The van der Waals surface area contributed by atoms with Gasteiger partial charge in [0, 0.05) is 11.6 Å². The standard InChI is InChI=1S/C33H33NO4/c35-31(28-11-7-5-8-12-28)22-17-26-15-13-25(14-16-26)10-6-3-1-2-4-9-23-38-29-20-18-27(19-21-29)30-24-32(36)34-33(30)37/h5,7-8,11-22,24H,1-4,6,9-10,23H2,(H,34,36,37). The van der Waals surface area contributed by atoms with Crippen molar-refractivity contribution < 1.29 is 19.1 Å². The van der Waals surface area contributed by atoms with Gasteiger partial charge in [-0.25, -0.2) is 0 Å². The average molecular weight is 508 g/mol. The number of ether oxygens (including phenoxy) is 1. The van der Waals surface area contributed by atoms with E-state index in [2.05, 4.69) is 29.6 Å². The molecule has 4 rings (SSSR count). The van der Waals surface area contributed by atoms with Crippen molar-refractivity contribution in [3.63, 3.8) is 0 Å². The van der Waals surface area contributed by atoms with Crippen LogP contribution in [0.2, 0.25) is 0 Å². The molecule has 0 unspecified atom stereocenters. The normalized spacial score (nSPS) is 13.0. The number of ketones is 1. The zero-order valence-electron chi connectivity index (χ0n) is 21.5. The number of carbonyl (C=O) groups is 3. The number of hydrogen-bond donors (Lipinski definition) is 1. The molecule has 0 bridgehead atoms.